The highest BCUT2D eigenvalue weighted by Crippen LogP contribution is 2.21. The lowest BCUT2D eigenvalue weighted by Crippen LogP contribution is -2.49. The van der Waals surface area contributed by atoms with E-state index in [0.717, 1.165) is 24.6 Å². The van der Waals surface area contributed by atoms with E-state index in [1.807, 2.05) is 12.1 Å². The molecule has 3 N–H and O–H groups in total. The second kappa shape index (κ2) is 9.66. The molecule has 1 aromatic heterocycles. The average molecular weight is 455 g/mol. The Labute approximate surface area is 187 Å². The average Bonchev–Trinajstić information content (AvgIpc) is 3.25. The molecule has 1 saturated heterocycles. The van der Waals surface area contributed by atoms with Crippen LogP contribution in [0.4, 0.5) is 0 Å². The molecule has 0 atom stereocenters. The number of amides is 1. The van der Waals surface area contributed by atoms with Gasteiger partial charge in [0, 0.05) is 55.9 Å². The standard InChI is InChI=1S/C23H26N4O4S/c28-23(25-29)9-8-18-4-3-5-20(16-18)32(30,31)27-14-12-26(13-15-27)11-10-19-17-24-22-7-2-1-6-21(19)22/h1-9,16-17,24,29H,10-15H2,(H,25,28). The third-order valence-electron chi connectivity index (χ3n) is 5.74. The van der Waals surface area contributed by atoms with Crippen LogP contribution in [0.25, 0.3) is 17.0 Å². The molecule has 0 spiro atoms. The Bertz CT molecular complexity index is 1230. The highest BCUT2D eigenvalue weighted by Gasteiger charge is 2.28. The molecule has 9 heteroatoms. The molecule has 2 aromatic carbocycles. The fourth-order valence-electron chi connectivity index (χ4n) is 3.95. The summed E-state index contributed by atoms with van der Waals surface area (Å²) in [4.78, 5) is 16.9. The van der Waals surface area contributed by atoms with Crippen LogP contribution in [0.3, 0.4) is 0 Å². The number of aromatic nitrogens is 1. The molecular formula is C23H26N4O4S. The van der Waals surface area contributed by atoms with E-state index in [0.29, 0.717) is 31.7 Å². The number of hydrogen-bond donors (Lipinski definition) is 3. The summed E-state index contributed by atoms with van der Waals surface area (Å²) in [6.07, 6.45) is 5.55. The molecule has 32 heavy (non-hydrogen) atoms. The topological polar surface area (TPSA) is 106 Å². The van der Waals surface area contributed by atoms with Crippen LogP contribution in [-0.4, -0.2) is 66.4 Å². The first kappa shape index (κ1) is 22.2. The summed E-state index contributed by atoms with van der Waals surface area (Å²) in [7, 11) is -3.62. The molecule has 2 heterocycles. The van der Waals surface area contributed by atoms with Crippen molar-refractivity contribution in [2.75, 3.05) is 32.7 Å². The Morgan fingerprint density at radius 1 is 1.09 bits per heavy atom. The largest absolute Gasteiger partial charge is 0.361 e. The van der Waals surface area contributed by atoms with Crippen molar-refractivity contribution in [3.05, 3.63) is 71.9 Å². The van der Waals surface area contributed by atoms with Crippen LogP contribution in [0.1, 0.15) is 11.1 Å². The van der Waals surface area contributed by atoms with E-state index in [1.165, 1.54) is 32.9 Å². The summed E-state index contributed by atoms with van der Waals surface area (Å²) in [5.74, 6) is -0.679. The smallest absolute Gasteiger partial charge is 0.267 e. The monoisotopic (exact) mass is 454 g/mol. The Morgan fingerprint density at radius 2 is 1.88 bits per heavy atom. The first-order valence-corrected chi connectivity index (χ1v) is 11.9. The maximum Gasteiger partial charge on any atom is 0.267 e. The van der Waals surface area contributed by atoms with Crippen molar-refractivity contribution < 1.29 is 18.4 Å². The molecule has 1 aliphatic rings. The highest BCUT2D eigenvalue weighted by molar-refractivity contribution is 7.89. The fraction of sp³-hybridized carbons (Fsp3) is 0.261. The maximum atomic E-state index is 13.1. The lowest BCUT2D eigenvalue weighted by molar-refractivity contribution is -0.124. The van der Waals surface area contributed by atoms with Gasteiger partial charge in [-0.05, 0) is 41.8 Å². The van der Waals surface area contributed by atoms with Crippen molar-refractivity contribution in [3.63, 3.8) is 0 Å². The number of carbonyl (C=O) groups is 1. The second-order valence-electron chi connectivity index (χ2n) is 7.74. The van der Waals surface area contributed by atoms with Gasteiger partial charge < -0.3 is 9.88 Å². The second-order valence-corrected chi connectivity index (χ2v) is 9.68. The first-order chi connectivity index (χ1) is 15.5. The summed E-state index contributed by atoms with van der Waals surface area (Å²) in [5, 5.41) is 9.80. The van der Waals surface area contributed by atoms with Gasteiger partial charge in [0.1, 0.15) is 0 Å². The minimum Gasteiger partial charge on any atom is -0.361 e. The number of sulfonamides is 1. The van der Waals surface area contributed by atoms with E-state index in [2.05, 4.69) is 28.2 Å². The fourth-order valence-corrected chi connectivity index (χ4v) is 5.43. The molecule has 0 saturated carbocycles. The molecule has 4 rings (SSSR count). The molecule has 3 aromatic rings. The Morgan fingerprint density at radius 3 is 2.66 bits per heavy atom. The number of H-pyrrole nitrogens is 1. The zero-order chi connectivity index (χ0) is 22.6. The van der Waals surface area contributed by atoms with Gasteiger partial charge in [-0.3, -0.25) is 10.0 Å². The Balaban J connectivity index is 1.36. The minimum atomic E-state index is -3.62. The van der Waals surface area contributed by atoms with Crippen LogP contribution in [0.15, 0.2) is 65.7 Å². The number of hydroxylamine groups is 1. The summed E-state index contributed by atoms with van der Waals surface area (Å²) in [6, 6.07) is 14.7. The molecule has 1 aliphatic heterocycles. The van der Waals surface area contributed by atoms with Gasteiger partial charge in [-0.1, -0.05) is 30.3 Å². The van der Waals surface area contributed by atoms with Crippen molar-refractivity contribution in [1.29, 1.82) is 0 Å². The minimum absolute atomic E-state index is 0.191. The van der Waals surface area contributed by atoms with Crippen LogP contribution >= 0.6 is 0 Å². The van der Waals surface area contributed by atoms with Gasteiger partial charge in [0.05, 0.1) is 4.90 Å². The lowest BCUT2D eigenvalue weighted by Gasteiger charge is -2.34. The summed E-state index contributed by atoms with van der Waals surface area (Å²) < 4.78 is 27.7. The van der Waals surface area contributed by atoms with Gasteiger partial charge in [0.25, 0.3) is 5.91 Å². The van der Waals surface area contributed by atoms with Gasteiger partial charge in [-0.15, -0.1) is 0 Å². The number of fused-ring (bicyclic) bond motifs is 1. The van der Waals surface area contributed by atoms with Gasteiger partial charge in [0.15, 0.2) is 0 Å². The van der Waals surface area contributed by atoms with Crippen molar-refractivity contribution in [2.24, 2.45) is 0 Å². The van der Waals surface area contributed by atoms with Crippen LogP contribution < -0.4 is 5.48 Å². The van der Waals surface area contributed by atoms with E-state index in [-0.39, 0.29) is 4.90 Å². The van der Waals surface area contributed by atoms with Crippen molar-refractivity contribution in [3.8, 4) is 0 Å². The van der Waals surface area contributed by atoms with Gasteiger partial charge >= 0.3 is 0 Å². The van der Waals surface area contributed by atoms with E-state index in [1.54, 1.807) is 18.2 Å². The zero-order valence-corrected chi connectivity index (χ0v) is 18.4. The van der Waals surface area contributed by atoms with E-state index >= 15 is 0 Å². The molecule has 0 unspecified atom stereocenters. The van der Waals surface area contributed by atoms with E-state index in [4.69, 9.17) is 5.21 Å². The number of nitrogens with zero attached hydrogens (tertiary/aromatic N) is 2. The quantitative estimate of drug-likeness (QED) is 0.288. The Kier molecular flexibility index (Phi) is 6.71. The number of piperazine rings is 1. The molecule has 8 nitrogen and oxygen atoms in total. The predicted molar refractivity (Wildman–Crippen MR) is 123 cm³/mol. The number of rotatable bonds is 7. The number of aromatic amines is 1. The van der Waals surface area contributed by atoms with Crippen molar-refractivity contribution >= 4 is 32.9 Å². The molecule has 168 valence electrons. The summed E-state index contributed by atoms with van der Waals surface area (Å²) >= 11 is 0. The van der Waals surface area contributed by atoms with Crippen LogP contribution in [0, 0.1) is 0 Å². The van der Waals surface area contributed by atoms with E-state index in [9.17, 15) is 13.2 Å². The van der Waals surface area contributed by atoms with E-state index < -0.39 is 15.9 Å². The normalized spacial score (nSPS) is 16.0. The zero-order valence-electron chi connectivity index (χ0n) is 17.6. The number of nitrogens with one attached hydrogen (secondary N) is 2. The molecule has 0 radical (unpaired) electrons. The van der Waals surface area contributed by atoms with Crippen LogP contribution in [-0.2, 0) is 21.2 Å². The van der Waals surface area contributed by atoms with Gasteiger partial charge in [0.2, 0.25) is 10.0 Å². The van der Waals surface area contributed by atoms with Crippen LogP contribution in [0.5, 0.6) is 0 Å². The molecular weight excluding hydrogens is 428 g/mol. The number of para-hydroxylation sites is 1. The summed E-state index contributed by atoms with van der Waals surface area (Å²) in [6.45, 7) is 3.10. The third-order valence-corrected chi connectivity index (χ3v) is 7.63. The van der Waals surface area contributed by atoms with Crippen molar-refractivity contribution in [2.45, 2.75) is 11.3 Å². The van der Waals surface area contributed by atoms with Gasteiger partial charge in [-0.2, -0.15) is 4.31 Å². The lowest BCUT2D eigenvalue weighted by atomic mass is 10.1. The Hall–Kier alpha value is -2.98. The molecule has 0 bridgehead atoms. The third kappa shape index (κ3) is 4.91. The predicted octanol–water partition coefficient (Wildman–Crippen LogP) is 2.24. The molecule has 0 aliphatic carbocycles. The number of benzene rings is 2. The van der Waals surface area contributed by atoms with Crippen molar-refractivity contribution in [1.82, 2.24) is 19.7 Å². The van der Waals surface area contributed by atoms with Crippen LogP contribution in [0.2, 0.25) is 0 Å². The maximum absolute atomic E-state index is 13.1. The first-order valence-electron chi connectivity index (χ1n) is 10.5. The summed E-state index contributed by atoms with van der Waals surface area (Å²) in [5.41, 5.74) is 4.47. The number of carbonyl (C=O) groups excluding carboxylic acids is 1. The highest BCUT2D eigenvalue weighted by atomic mass is 32.2. The molecule has 1 fully saturated rings. The number of hydrogen-bond acceptors (Lipinski definition) is 5. The van der Waals surface area contributed by atoms with Gasteiger partial charge in [-0.25, -0.2) is 13.9 Å². The molecule has 1 amide bonds. The SMILES string of the molecule is O=C(C=Cc1cccc(S(=O)(=O)N2CCN(CCc3c[nH]c4ccccc34)CC2)c1)NO.